The van der Waals surface area contributed by atoms with E-state index in [9.17, 15) is 9.90 Å². The maximum absolute atomic E-state index is 11.6. The van der Waals surface area contributed by atoms with E-state index in [1.165, 1.54) is 19.2 Å². The van der Waals surface area contributed by atoms with Crippen LogP contribution in [0.4, 0.5) is 0 Å². The molecule has 1 heterocycles. The van der Waals surface area contributed by atoms with Crippen molar-refractivity contribution in [3.63, 3.8) is 0 Å². The predicted octanol–water partition coefficient (Wildman–Crippen LogP) is 1.93. The van der Waals surface area contributed by atoms with Gasteiger partial charge in [0.25, 0.3) is 0 Å². The summed E-state index contributed by atoms with van der Waals surface area (Å²) in [6.07, 6.45) is 2.21. The third kappa shape index (κ3) is 1.54. The molecule has 17 heavy (non-hydrogen) atoms. The largest absolute Gasteiger partial charge is 0.506 e. The van der Waals surface area contributed by atoms with Crippen LogP contribution in [0.25, 0.3) is 11.0 Å². The zero-order valence-corrected chi connectivity index (χ0v) is 9.36. The number of esters is 1. The smallest absolute Gasteiger partial charge is 0.340 e. The quantitative estimate of drug-likeness (QED) is 0.776. The SMILES string of the molecule is COC(=O)c1ccc(O)c2[nH]c(C3CC3)nc12. The number of aromatic amines is 1. The van der Waals surface area contributed by atoms with Crippen LogP contribution in [0.1, 0.15) is 34.9 Å². The van der Waals surface area contributed by atoms with Gasteiger partial charge in [-0.3, -0.25) is 0 Å². The highest BCUT2D eigenvalue weighted by Gasteiger charge is 2.28. The molecule has 3 rings (SSSR count). The second-order valence-corrected chi connectivity index (χ2v) is 4.24. The van der Waals surface area contributed by atoms with Gasteiger partial charge in [-0.2, -0.15) is 0 Å². The Kier molecular flexibility index (Phi) is 2.07. The predicted molar refractivity (Wildman–Crippen MR) is 61.1 cm³/mol. The number of phenolic OH excluding ortho intramolecular Hbond substituents is 1. The Hall–Kier alpha value is -2.04. The number of imidazole rings is 1. The molecule has 0 saturated heterocycles. The van der Waals surface area contributed by atoms with Crippen molar-refractivity contribution in [2.75, 3.05) is 7.11 Å². The van der Waals surface area contributed by atoms with Crippen molar-refractivity contribution >= 4 is 17.0 Å². The number of hydrogen-bond acceptors (Lipinski definition) is 4. The van der Waals surface area contributed by atoms with Gasteiger partial charge < -0.3 is 14.8 Å². The van der Waals surface area contributed by atoms with Crippen LogP contribution in [0, 0.1) is 0 Å². The van der Waals surface area contributed by atoms with Gasteiger partial charge in [-0.1, -0.05) is 0 Å². The molecule has 2 aromatic rings. The van der Waals surface area contributed by atoms with E-state index < -0.39 is 5.97 Å². The van der Waals surface area contributed by atoms with E-state index in [-0.39, 0.29) is 5.75 Å². The highest BCUT2D eigenvalue weighted by Crippen LogP contribution is 2.40. The van der Waals surface area contributed by atoms with Crippen molar-refractivity contribution in [1.29, 1.82) is 0 Å². The fourth-order valence-electron chi connectivity index (χ4n) is 1.92. The number of H-pyrrole nitrogens is 1. The third-order valence-electron chi connectivity index (χ3n) is 3.01. The highest BCUT2D eigenvalue weighted by molar-refractivity contribution is 6.03. The summed E-state index contributed by atoms with van der Waals surface area (Å²) in [6, 6.07) is 3.00. The summed E-state index contributed by atoms with van der Waals surface area (Å²) in [5.41, 5.74) is 1.37. The molecule has 0 radical (unpaired) electrons. The minimum Gasteiger partial charge on any atom is -0.506 e. The first kappa shape index (κ1) is 10.1. The van der Waals surface area contributed by atoms with Crippen molar-refractivity contribution in [2.24, 2.45) is 0 Å². The summed E-state index contributed by atoms with van der Waals surface area (Å²) in [5, 5.41) is 9.74. The number of nitrogens with zero attached hydrogens (tertiary/aromatic N) is 1. The van der Waals surface area contributed by atoms with Gasteiger partial charge in [0.1, 0.15) is 22.6 Å². The van der Waals surface area contributed by atoms with Gasteiger partial charge in [-0.15, -0.1) is 0 Å². The lowest BCUT2D eigenvalue weighted by Crippen LogP contribution is -2.01. The molecule has 0 aliphatic heterocycles. The summed E-state index contributed by atoms with van der Waals surface area (Å²) < 4.78 is 4.70. The molecule has 2 N–H and O–H groups in total. The van der Waals surface area contributed by atoms with Crippen LogP contribution in [-0.4, -0.2) is 28.2 Å². The fourth-order valence-corrected chi connectivity index (χ4v) is 1.92. The Morgan fingerprint density at radius 2 is 2.29 bits per heavy atom. The van der Waals surface area contributed by atoms with E-state index in [0.717, 1.165) is 18.7 Å². The number of aromatic nitrogens is 2. The van der Waals surface area contributed by atoms with Gasteiger partial charge >= 0.3 is 5.97 Å². The number of phenols is 1. The number of ether oxygens (including phenoxy) is 1. The first-order valence-corrected chi connectivity index (χ1v) is 5.50. The number of methoxy groups -OCH3 is 1. The van der Waals surface area contributed by atoms with Gasteiger partial charge in [0.15, 0.2) is 0 Å². The van der Waals surface area contributed by atoms with Crippen molar-refractivity contribution in [1.82, 2.24) is 9.97 Å². The van der Waals surface area contributed by atoms with Crippen LogP contribution in [-0.2, 0) is 4.74 Å². The van der Waals surface area contributed by atoms with Gasteiger partial charge in [-0.25, -0.2) is 9.78 Å². The average Bonchev–Trinajstić information content (AvgIpc) is 3.08. The Labute approximate surface area is 97.4 Å². The van der Waals surface area contributed by atoms with E-state index in [0.29, 0.717) is 22.5 Å². The lowest BCUT2D eigenvalue weighted by molar-refractivity contribution is 0.0603. The number of nitrogens with one attached hydrogen (secondary N) is 1. The van der Waals surface area contributed by atoms with E-state index in [4.69, 9.17) is 4.74 Å². The monoisotopic (exact) mass is 232 g/mol. The topological polar surface area (TPSA) is 75.2 Å². The van der Waals surface area contributed by atoms with Crippen LogP contribution < -0.4 is 0 Å². The number of rotatable bonds is 2. The minimum absolute atomic E-state index is 0.104. The first-order chi connectivity index (χ1) is 8.20. The van der Waals surface area contributed by atoms with E-state index in [1.54, 1.807) is 0 Å². The molecule has 1 aromatic heterocycles. The average molecular weight is 232 g/mol. The number of carbonyl (C=O) groups is 1. The third-order valence-corrected chi connectivity index (χ3v) is 3.01. The lowest BCUT2D eigenvalue weighted by Gasteiger charge is -2.00. The van der Waals surface area contributed by atoms with Crippen LogP contribution in [0.3, 0.4) is 0 Å². The van der Waals surface area contributed by atoms with Crippen LogP contribution in [0.15, 0.2) is 12.1 Å². The molecule has 0 unspecified atom stereocenters. The zero-order valence-electron chi connectivity index (χ0n) is 9.36. The van der Waals surface area contributed by atoms with Crippen LogP contribution >= 0.6 is 0 Å². The number of benzene rings is 1. The van der Waals surface area contributed by atoms with Crippen molar-refractivity contribution < 1.29 is 14.6 Å². The Bertz CT molecular complexity index is 599. The van der Waals surface area contributed by atoms with Gasteiger partial charge in [0, 0.05) is 5.92 Å². The molecule has 1 saturated carbocycles. The molecule has 0 amide bonds. The Morgan fingerprint density at radius 3 is 2.94 bits per heavy atom. The fraction of sp³-hybridized carbons (Fsp3) is 0.333. The minimum atomic E-state index is -0.441. The molecule has 5 heteroatoms. The maximum atomic E-state index is 11.6. The van der Waals surface area contributed by atoms with E-state index in [2.05, 4.69) is 9.97 Å². The lowest BCUT2D eigenvalue weighted by atomic mass is 10.2. The summed E-state index contributed by atoms with van der Waals surface area (Å²) in [7, 11) is 1.33. The number of carbonyl (C=O) groups excluding carboxylic acids is 1. The van der Waals surface area contributed by atoms with Gasteiger partial charge in [-0.05, 0) is 25.0 Å². The Morgan fingerprint density at radius 1 is 1.53 bits per heavy atom. The summed E-state index contributed by atoms with van der Waals surface area (Å²) in [5.74, 6) is 0.940. The summed E-state index contributed by atoms with van der Waals surface area (Å²) in [6.45, 7) is 0. The van der Waals surface area contributed by atoms with Crippen molar-refractivity contribution in [3.8, 4) is 5.75 Å². The van der Waals surface area contributed by atoms with Gasteiger partial charge in [0.05, 0.1) is 12.7 Å². The molecular formula is C12H12N2O3. The Balaban J connectivity index is 2.22. The molecule has 0 bridgehead atoms. The number of aromatic hydroxyl groups is 1. The van der Waals surface area contributed by atoms with Crippen LogP contribution in [0.5, 0.6) is 5.75 Å². The van der Waals surface area contributed by atoms with Crippen molar-refractivity contribution in [2.45, 2.75) is 18.8 Å². The number of fused-ring (bicyclic) bond motifs is 1. The first-order valence-electron chi connectivity index (χ1n) is 5.50. The molecule has 0 atom stereocenters. The molecule has 5 nitrogen and oxygen atoms in total. The molecule has 0 spiro atoms. The standard InChI is InChI=1S/C12H12N2O3/c1-17-12(16)7-4-5-8(15)10-9(7)13-11(14-10)6-2-3-6/h4-6,15H,2-3H2,1H3,(H,13,14). The van der Waals surface area contributed by atoms with E-state index >= 15 is 0 Å². The number of hydrogen-bond donors (Lipinski definition) is 2. The molecular weight excluding hydrogens is 220 g/mol. The second-order valence-electron chi connectivity index (χ2n) is 4.24. The zero-order chi connectivity index (χ0) is 12.0. The van der Waals surface area contributed by atoms with Gasteiger partial charge in [0.2, 0.25) is 0 Å². The summed E-state index contributed by atoms with van der Waals surface area (Å²) >= 11 is 0. The van der Waals surface area contributed by atoms with Crippen molar-refractivity contribution in [3.05, 3.63) is 23.5 Å². The second kappa shape index (κ2) is 3.48. The van der Waals surface area contributed by atoms with E-state index in [1.807, 2.05) is 0 Å². The highest BCUT2D eigenvalue weighted by atomic mass is 16.5. The molecule has 1 aromatic carbocycles. The molecule has 1 fully saturated rings. The molecule has 1 aliphatic rings. The summed E-state index contributed by atoms with van der Waals surface area (Å²) in [4.78, 5) is 19.0. The normalized spacial score (nSPS) is 15.1. The molecule has 1 aliphatic carbocycles. The van der Waals surface area contributed by atoms with Crippen LogP contribution in [0.2, 0.25) is 0 Å². The molecule has 88 valence electrons. The maximum Gasteiger partial charge on any atom is 0.340 e.